The van der Waals surface area contributed by atoms with Gasteiger partial charge in [0.2, 0.25) is 5.82 Å². The molecule has 0 bridgehead atoms. The molecule has 22 heavy (non-hydrogen) atoms. The van der Waals surface area contributed by atoms with Gasteiger partial charge in [-0.2, -0.15) is 0 Å². The van der Waals surface area contributed by atoms with Crippen molar-refractivity contribution in [1.29, 1.82) is 0 Å². The predicted molar refractivity (Wildman–Crippen MR) is 84.4 cm³/mol. The Kier molecular flexibility index (Phi) is 5.51. The van der Waals surface area contributed by atoms with Gasteiger partial charge in [-0.1, -0.05) is 18.5 Å². The first kappa shape index (κ1) is 16.5. The number of nitrogens with zero attached hydrogens (tertiary/aromatic N) is 4. The maximum absolute atomic E-state index is 12.4. The van der Waals surface area contributed by atoms with E-state index in [2.05, 4.69) is 10.1 Å². The van der Waals surface area contributed by atoms with Gasteiger partial charge in [0.25, 0.3) is 5.91 Å². The molecule has 118 valence electrons. The highest BCUT2D eigenvalue weighted by atomic mass is 35.5. The molecule has 1 aromatic carbocycles. The van der Waals surface area contributed by atoms with Crippen LogP contribution in [0.3, 0.4) is 0 Å². The number of hydrogen-bond donors (Lipinski definition) is 1. The summed E-state index contributed by atoms with van der Waals surface area (Å²) in [4.78, 5) is 18.2. The predicted octanol–water partition coefficient (Wildman–Crippen LogP) is 2.07. The van der Waals surface area contributed by atoms with Crippen LogP contribution in [-0.2, 0) is 0 Å². The third-order valence-corrected chi connectivity index (χ3v) is 3.43. The summed E-state index contributed by atoms with van der Waals surface area (Å²) in [5, 5.41) is 14.0. The van der Waals surface area contributed by atoms with E-state index >= 15 is 0 Å². The van der Waals surface area contributed by atoms with Crippen LogP contribution in [0.5, 0.6) is 0 Å². The molecule has 0 spiro atoms. The highest BCUT2D eigenvalue weighted by Gasteiger charge is 2.20. The molecule has 0 aliphatic heterocycles. The first-order valence-electron chi connectivity index (χ1n) is 7.16. The van der Waals surface area contributed by atoms with Crippen LogP contribution in [0.1, 0.15) is 29.8 Å². The Morgan fingerprint density at radius 1 is 1.32 bits per heavy atom. The van der Waals surface area contributed by atoms with Gasteiger partial charge < -0.3 is 10.0 Å². The van der Waals surface area contributed by atoms with Gasteiger partial charge in [-0.05, 0) is 37.6 Å². The van der Waals surface area contributed by atoms with Crippen molar-refractivity contribution in [1.82, 2.24) is 19.7 Å². The van der Waals surface area contributed by atoms with E-state index in [0.29, 0.717) is 17.4 Å². The average molecular weight is 323 g/mol. The molecule has 1 amide bonds. The van der Waals surface area contributed by atoms with Crippen molar-refractivity contribution in [2.75, 3.05) is 19.7 Å². The van der Waals surface area contributed by atoms with Crippen molar-refractivity contribution < 1.29 is 9.90 Å². The SMILES string of the molecule is CCCN(CCO)C(=O)c1nc(C)n(-c2ccc(Cl)cc2)n1. The number of carbonyl (C=O) groups excluding carboxylic acids is 1. The van der Waals surface area contributed by atoms with Crippen LogP contribution in [0.25, 0.3) is 5.69 Å². The molecule has 1 N–H and O–H groups in total. The van der Waals surface area contributed by atoms with Crippen molar-refractivity contribution in [2.45, 2.75) is 20.3 Å². The molecule has 7 heteroatoms. The molecule has 6 nitrogen and oxygen atoms in total. The third kappa shape index (κ3) is 3.64. The number of aryl methyl sites for hydroxylation is 1. The zero-order chi connectivity index (χ0) is 16.1. The van der Waals surface area contributed by atoms with Crippen LogP contribution in [-0.4, -0.2) is 50.4 Å². The van der Waals surface area contributed by atoms with Crippen LogP contribution in [0.15, 0.2) is 24.3 Å². The molecule has 1 heterocycles. The number of halogens is 1. The quantitative estimate of drug-likeness (QED) is 0.883. The smallest absolute Gasteiger partial charge is 0.293 e. The van der Waals surface area contributed by atoms with E-state index in [9.17, 15) is 4.79 Å². The number of amides is 1. The number of hydrogen-bond acceptors (Lipinski definition) is 4. The van der Waals surface area contributed by atoms with Gasteiger partial charge in [0.1, 0.15) is 5.82 Å². The van der Waals surface area contributed by atoms with Gasteiger partial charge >= 0.3 is 0 Å². The number of benzene rings is 1. The second-order valence-electron chi connectivity index (χ2n) is 4.89. The second-order valence-corrected chi connectivity index (χ2v) is 5.32. The van der Waals surface area contributed by atoms with Crippen LogP contribution in [0.2, 0.25) is 5.02 Å². The molecule has 0 saturated carbocycles. The standard InChI is InChI=1S/C15H19ClN4O2/c1-3-8-19(9-10-21)15(22)14-17-11(2)20(18-14)13-6-4-12(16)5-7-13/h4-7,21H,3,8-10H2,1-2H3. The Hall–Kier alpha value is -1.92. The fourth-order valence-corrected chi connectivity index (χ4v) is 2.28. The van der Waals surface area contributed by atoms with Gasteiger partial charge in [-0.3, -0.25) is 4.79 Å². The van der Waals surface area contributed by atoms with Crippen LogP contribution in [0, 0.1) is 6.92 Å². The summed E-state index contributed by atoms with van der Waals surface area (Å²) >= 11 is 5.88. The van der Waals surface area contributed by atoms with Gasteiger partial charge in [0.05, 0.1) is 12.3 Å². The normalized spacial score (nSPS) is 10.7. The number of rotatable bonds is 6. The van der Waals surface area contributed by atoms with Crippen molar-refractivity contribution >= 4 is 17.5 Å². The monoisotopic (exact) mass is 322 g/mol. The summed E-state index contributed by atoms with van der Waals surface area (Å²) in [5.41, 5.74) is 0.789. The van der Waals surface area contributed by atoms with E-state index in [1.807, 2.05) is 19.1 Å². The molecule has 2 aromatic rings. The molecule has 2 rings (SSSR count). The zero-order valence-electron chi connectivity index (χ0n) is 12.7. The van der Waals surface area contributed by atoms with E-state index in [1.165, 1.54) is 0 Å². The first-order valence-corrected chi connectivity index (χ1v) is 7.54. The Morgan fingerprint density at radius 3 is 2.59 bits per heavy atom. The number of aliphatic hydroxyl groups excluding tert-OH is 1. The Balaban J connectivity index is 2.28. The van der Waals surface area contributed by atoms with Gasteiger partial charge in [0, 0.05) is 18.1 Å². The largest absolute Gasteiger partial charge is 0.395 e. The molecule has 0 atom stereocenters. The van der Waals surface area contributed by atoms with Crippen molar-refractivity contribution in [3.8, 4) is 5.69 Å². The van der Waals surface area contributed by atoms with E-state index < -0.39 is 0 Å². The Bertz CT molecular complexity index is 633. The molecule has 1 aromatic heterocycles. The van der Waals surface area contributed by atoms with Crippen LogP contribution < -0.4 is 0 Å². The molecule has 0 saturated heterocycles. The van der Waals surface area contributed by atoms with E-state index in [0.717, 1.165) is 12.1 Å². The third-order valence-electron chi connectivity index (χ3n) is 3.18. The van der Waals surface area contributed by atoms with Crippen molar-refractivity contribution in [3.63, 3.8) is 0 Å². The number of aliphatic hydroxyl groups is 1. The summed E-state index contributed by atoms with van der Waals surface area (Å²) in [6.07, 6.45) is 0.808. The van der Waals surface area contributed by atoms with Crippen LogP contribution in [0.4, 0.5) is 0 Å². The summed E-state index contributed by atoms with van der Waals surface area (Å²) in [5.74, 6) is 0.479. The Labute approximate surface area is 134 Å². The molecule has 0 aliphatic rings. The van der Waals surface area contributed by atoms with Crippen LogP contribution >= 0.6 is 11.6 Å². The zero-order valence-corrected chi connectivity index (χ0v) is 13.4. The number of carbonyl (C=O) groups is 1. The lowest BCUT2D eigenvalue weighted by atomic mass is 10.3. The second kappa shape index (κ2) is 7.38. The van der Waals surface area contributed by atoms with E-state index in [1.54, 1.807) is 28.6 Å². The summed E-state index contributed by atoms with van der Waals surface area (Å²) in [7, 11) is 0. The topological polar surface area (TPSA) is 71.2 Å². The number of aromatic nitrogens is 3. The lowest BCUT2D eigenvalue weighted by Crippen LogP contribution is -2.35. The van der Waals surface area contributed by atoms with Crippen molar-refractivity contribution in [2.24, 2.45) is 0 Å². The van der Waals surface area contributed by atoms with Gasteiger partial charge in [0.15, 0.2) is 0 Å². The van der Waals surface area contributed by atoms with Crippen molar-refractivity contribution in [3.05, 3.63) is 40.9 Å². The van der Waals surface area contributed by atoms with E-state index in [4.69, 9.17) is 16.7 Å². The fraction of sp³-hybridized carbons (Fsp3) is 0.400. The fourth-order valence-electron chi connectivity index (χ4n) is 2.15. The maximum atomic E-state index is 12.4. The lowest BCUT2D eigenvalue weighted by Gasteiger charge is -2.18. The minimum atomic E-state index is -0.272. The molecular weight excluding hydrogens is 304 g/mol. The Morgan fingerprint density at radius 2 is 2.00 bits per heavy atom. The van der Waals surface area contributed by atoms with E-state index in [-0.39, 0.29) is 24.9 Å². The minimum Gasteiger partial charge on any atom is -0.395 e. The highest BCUT2D eigenvalue weighted by molar-refractivity contribution is 6.30. The molecular formula is C15H19ClN4O2. The lowest BCUT2D eigenvalue weighted by molar-refractivity contribution is 0.0710. The molecule has 0 aliphatic carbocycles. The van der Waals surface area contributed by atoms with Gasteiger partial charge in [-0.15, -0.1) is 5.10 Å². The first-order chi connectivity index (χ1) is 10.6. The van der Waals surface area contributed by atoms with Gasteiger partial charge in [-0.25, -0.2) is 9.67 Å². The summed E-state index contributed by atoms with van der Waals surface area (Å²) in [6.45, 7) is 4.52. The average Bonchev–Trinajstić information content (AvgIpc) is 2.89. The molecule has 0 unspecified atom stereocenters. The summed E-state index contributed by atoms with van der Waals surface area (Å²) in [6, 6.07) is 7.15. The highest BCUT2D eigenvalue weighted by Crippen LogP contribution is 2.14. The summed E-state index contributed by atoms with van der Waals surface area (Å²) < 4.78 is 1.60. The maximum Gasteiger partial charge on any atom is 0.293 e. The minimum absolute atomic E-state index is 0.0807. The molecule has 0 radical (unpaired) electrons. The molecule has 0 fully saturated rings.